The molecule has 2 saturated heterocycles. The lowest BCUT2D eigenvalue weighted by molar-refractivity contribution is -0.135. The van der Waals surface area contributed by atoms with Crippen molar-refractivity contribution < 1.29 is 19.1 Å². The molecular formula is C27H38N2O4. The lowest BCUT2D eigenvalue weighted by atomic mass is 9.84. The molecule has 0 atom stereocenters. The van der Waals surface area contributed by atoms with E-state index in [-0.39, 0.29) is 11.6 Å². The van der Waals surface area contributed by atoms with Gasteiger partial charge in [0.25, 0.3) is 6.47 Å². The van der Waals surface area contributed by atoms with E-state index in [2.05, 4.69) is 41.9 Å². The molecule has 0 aliphatic carbocycles. The number of amides is 1. The summed E-state index contributed by atoms with van der Waals surface area (Å²) in [5, 5.41) is 0. The first-order chi connectivity index (χ1) is 15.4. The molecule has 2 aliphatic rings. The van der Waals surface area contributed by atoms with Gasteiger partial charge in [-0.1, -0.05) is 24.0 Å². The van der Waals surface area contributed by atoms with Gasteiger partial charge in [0, 0.05) is 30.7 Å². The van der Waals surface area contributed by atoms with Crippen LogP contribution >= 0.6 is 0 Å². The molecule has 0 bridgehead atoms. The van der Waals surface area contributed by atoms with Gasteiger partial charge >= 0.3 is 6.09 Å². The second kappa shape index (κ2) is 9.77. The van der Waals surface area contributed by atoms with Crippen molar-refractivity contribution >= 4 is 12.6 Å². The highest BCUT2D eigenvalue weighted by Gasteiger charge is 2.44. The number of benzene rings is 1. The summed E-state index contributed by atoms with van der Waals surface area (Å²) in [6.45, 7) is 15.1. The normalized spacial score (nSPS) is 18.5. The average Bonchev–Trinajstić information content (AvgIpc) is 3.09. The van der Waals surface area contributed by atoms with E-state index in [1.807, 2.05) is 25.7 Å². The molecule has 1 spiro atoms. The van der Waals surface area contributed by atoms with Gasteiger partial charge in [0.2, 0.25) is 0 Å². The second-order valence-electron chi connectivity index (χ2n) is 10.9. The van der Waals surface area contributed by atoms with Crippen molar-refractivity contribution in [1.82, 2.24) is 9.80 Å². The molecule has 1 aromatic carbocycles. The van der Waals surface area contributed by atoms with Crippen molar-refractivity contribution in [1.29, 1.82) is 0 Å². The molecule has 3 rings (SSSR count). The van der Waals surface area contributed by atoms with Gasteiger partial charge in [0.1, 0.15) is 5.60 Å². The molecule has 6 nitrogen and oxygen atoms in total. The van der Waals surface area contributed by atoms with Crippen molar-refractivity contribution in [3.05, 3.63) is 34.9 Å². The van der Waals surface area contributed by atoms with Crippen LogP contribution in [-0.4, -0.2) is 58.7 Å². The van der Waals surface area contributed by atoms with Crippen LogP contribution in [0, 0.1) is 18.8 Å². The Kier molecular flexibility index (Phi) is 7.43. The summed E-state index contributed by atoms with van der Waals surface area (Å²) in [4.78, 5) is 27.7. The summed E-state index contributed by atoms with van der Waals surface area (Å²) in [6, 6.07) is 6.39. The van der Waals surface area contributed by atoms with E-state index in [1.165, 1.54) is 12.0 Å². The highest BCUT2D eigenvalue weighted by atomic mass is 16.6. The first-order valence-corrected chi connectivity index (χ1v) is 11.9. The Morgan fingerprint density at radius 3 is 2.45 bits per heavy atom. The quantitative estimate of drug-likeness (QED) is 0.489. The van der Waals surface area contributed by atoms with Gasteiger partial charge in [-0.2, -0.15) is 0 Å². The third-order valence-electron chi connectivity index (χ3n) is 6.55. The molecule has 0 N–H and O–H groups in total. The van der Waals surface area contributed by atoms with Crippen LogP contribution in [-0.2, 0) is 20.8 Å². The Balaban J connectivity index is 1.74. The fraction of sp³-hybridized carbons (Fsp3) is 0.630. The van der Waals surface area contributed by atoms with Crippen LogP contribution in [0.1, 0.15) is 77.0 Å². The number of hydrogen-bond acceptors (Lipinski definition) is 5. The van der Waals surface area contributed by atoms with Gasteiger partial charge in [0.05, 0.1) is 0 Å². The summed E-state index contributed by atoms with van der Waals surface area (Å²) >= 11 is 0. The van der Waals surface area contributed by atoms with Crippen molar-refractivity contribution in [2.75, 3.05) is 19.6 Å². The van der Waals surface area contributed by atoms with E-state index in [9.17, 15) is 9.59 Å². The SMILES string of the molecule is Cc1ccc(CN2CCCC23CCN(C(=O)OC(C)(C)C)CC3)c(C#CC(C)(C)OC=O)c1. The first-order valence-electron chi connectivity index (χ1n) is 11.9. The highest BCUT2D eigenvalue weighted by molar-refractivity contribution is 5.68. The molecule has 0 radical (unpaired) electrons. The minimum atomic E-state index is -0.827. The second-order valence-corrected chi connectivity index (χ2v) is 10.9. The number of nitrogens with zero attached hydrogens (tertiary/aromatic N) is 2. The van der Waals surface area contributed by atoms with Crippen LogP contribution in [0.2, 0.25) is 0 Å². The van der Waals surface area contributed by atoms with Crippen LogP contribution in [0.25, 0.3) is 0 Å². The Bertz CT molecular complexity index is 928. The zero-order chi connectivity index (χ0) is 24.3. The van der Waals surface area contributed by atoms with Crippen molar-refractivity contribution in [3.8, 4) is 11.8 Å². The minimum Gasteiger partial charge on any atom is -0.449 e. The standard InChI is InChI=1S/C27H38N2O4/c1-21-8-9-23(22(18-21)10-12-26(5,6)32-20-30)19-29-15-7-11-27(29)13-16-28(17-14-27)24(31)33-25(2,3)4/h8-9,18,20H,7,11,13-17,19H2,1-6H3. The van der Waals surface area contributed by atoms with Gasteiger partial charge in [-0.05, 0) is 91.0 Å². The van der Waals surface area contributed by atoms with Crippen molar-refractivity contribution in [2.45, 2.75) is 90.5 Å². The number of rotatable bonds is 4. The third-order valence-corrected chi connectivity index (χ3v) is 6.55. The molecule has 2 fully saturated rings. The molecule has 33 heavy (non-hydrogen) atoms. The predicted molar refractivity (Wildman–Crippen MR) is 129 cm³/mol. The van der Waals surface area contributed by atoms with Crippen LogP contribution in [0.4, 0.5) is 4.79 Å². The smallest absolute Gasteiger partial charge is 0.410 e. The number of carbonyl (C=O) groups is 2. The van der Waals surface area contributed by atoms with Crippen molar-refractivity contribution in [2.24, 2.45) is 0 Å². The number of aryl methyl sites for hydroxylation is 1. The molecular weight excluding hydrogens is 416 g/mol. The summed E-state index contributed by atoms with van der Waals surface area (Å²) in [7, 11) is 0. The Hall–Kier alpha value is -2.52. The predicted octanol–water partition coefficient (Wildman–Crippen LogP) is 4.66. The molecule has 0 saturated carbocycles. The summed E-state index contributed by atoms with van der Waals surface area (Å²) in [6.07, 6.45) is 4.03. The third kappa shape index (κ3) is 6.51. The first kappa shape index (κ1) is 25.1. The monoisotopic (exact) mass is 454 g/mol. The Morgan fingerprint density at radius 2 is 1.82 bits per heavy atom. The van der Waals surface area contributed by atoms with Gasteiger partial charge in [0.15, 0.2) is 5.60 Å². The molecule has 1 aromatic rings. The Labute approximate surface area is 198 Å². The van der Waals surface area contributed by atoms with Gasteiger partial charge in [-0.15, -0.1) is 0 Å². The summed E-state index contributed by atoms with van der Waals surface area (Å²) < 4.78 is 10.7. The lowest BCUT2D eigenvalue weighted by Crippen LogP contribution is -2.53. The van der Waals surface area contributed by atoms with Crippen LogP contribution in [0.5, 0.6) is 0 Å². The maximum absolute atomic E-state index is 12.5. The molecule has 1 amide bonds. The van der Waals surface area contributed by atoms with E-state index in [0.29, 0.717) is 6.47 Å². The zero-order valence-corrected chi connectivity index (χ0v) is 21.0. The maximum atomic E-state index is 12.5. The minimum absolute atomic E-state index is 0.119. The molecule has 0 aromatic heterocycles. The summed E-state index contributed by atoms with van der Waals surface area (Å²) in [5.41, 5.74) is 2.13. The number of hydrogen-bond donors (Lipinski definition) is 0. The summed E-state index contributed by atoms with van der Waals surface area (Å²) in [5.74, 6) is 6.35. The van der Waals surface area contributed by atoms with E-state index in [0.717, 1.165) is 56.6 Å². The fourth-order valence-electron chi connectivity index (χ4n) is 4.76. The topological polar surface area (TPSA) is 59.1 Å². The molecule has 6 heteroatoms. The molecule has 2 aliphatic heterocycles. The van der Waals surface area contributed by atoms with Crippen LogP contribution < -0.4 is 0 Å². The molecule has 2 heterocycles. The lowest BCUT2D eigenvalue weighted by Gasteiger charge is -2.45. The van der Waals surface area contributed by atoms with Gasteiger partial charge in [-0.25, -0.2) is 4.79 Å². The number of likely N-dealkylation sites (tertiary alicyclic amines) is 2. The zero-order valence-electron chi connectivity index (χ0n) is 21.0. The van der Waals surface area contributed by atoms with E-state index in [1.54, 1.807) is 13.8 Å². The van der Waals surface area contributed by atoms with E-state index < -0.39 is 11.2 Å². The number of ether oxygens (including phenoxy) is 2. The van der Waals surface area contributed by atoms with Crippen LogP contribution in [0.15, 0.2) is 18.2 Å². The van der Waals surface area contributed by atoms with Crippen molar-refractivity contribution in [3.63, 3.8) is 0 Å². The molecule has 180 valence electrons. The largest absolute Gasteiger partial charge is 0.449 e. The van der Waals surface area contributed by atoms with Gasteiger partial charge < -0.3 is 14.4 Å². The highest BCUT2D eigenvalue weighted by Crippen LogP contribution is 2.40. The number of piperidine rings is 1. The maximum Gasteiger partial charge on any atom is 0.410 e. The van der Waals surface area contributed by atoms with E-state index in [4.69, 9.17) is 9.47 Å². The van der Waals surface area contributed by atoms with Gasteiger partial charge in [-0.3, -0.25) is 9.69 Å². The Morgan fingerprint density at radius 1 is 1.12 bits per heavy atom. The van der Waals surface area contributed by atoms with Crippen LogP contribution in [0.3, 0.4) is 0 Å². The molecule has 0 unspecified atom stereocenters. The number of carbonyl (C=O) groups excluding carboxylic acids is 2. The fourth-order valence-corrected chi connectivity index (χ4v) is 4.76. The van der Waals surface area contributed by atoms with E-state index >= 15 is 0 Å². The average molecular weight is 455 g/mol.